The van der Waals surface area contributed by atoms with Gasteiger partial charge in [0.2, 0.25) is 10.0 Å². The number of nitrogens with zero attached hydrogens (tertiary/aromatic N) is 1. The number of sulfonamides is 1. The number of benzene rings is 1. The zero-order valence-corrected chi connectivity index (χ0v) is 14.2. The lowest BCUT2D eigenvalue weighted by atomic mass is 10.2. The van der Waals surface area contributed by atoms with Gasteiger partial charge < -0.3 is 5.32 Å². The summed E-state index contributed by atoms with van der Waals surface area (Å²) >= 11 is 0. The Kier molecular flexibility index (Phi) is 6.58. The predicted octanol–water partition coefficient (Wildman–Crippen LogP) is 2.77. The fourth-order valence-electron chi connectivity index (χ4n) is 2.02. The Labute approximate surface area is 128 Å². The van der Waals surface area contributed by atoms with Crippen molar-refractivity contribution in [3.8, 4) is 0 Å². The van der Waals surface area contributed by atoms with Gasteiger partial charge in [-0.15, -0.1) is 0 Å². The third-order valence-corrected chi connectivity index (χ3v) is 5.11. The first-order valence-corrected chi connectivity index (χ1v) is 8.68. The summed E-state index contributed by atoms with van der Waals surface area (Å²) in [4.78, 5) is 0.376. The van der Waals surface area contributed by atoms with Gasteiger partial charge in [-0.1, -0.05) is 51.1 Å². The topological polar surface area (TPSA) is 49.4 Å². The van der Waals surface area contributed by atoms with Crippen molar-refractivity contribution in [2.24, 2.45) is 0 Å². The van der Waals surface area contributed by atoms with Gasteiger partial charge in [-0.2, -0.15) is 4.31 Å². The Hall–Kier alpha value is -1.17. The summed E-state index contributed by atoms with van der Waals surface area (Å²) in [5.74, 6) is 0. The second-order valence-corrected chi connectivity index (χ2v) is 7.44. The molecule has 0 bridgehead atoms. The van der Waals surface area contributed by atoms with E-state index in [1.54, 1.807) is 12.1 Å². The monoisotopic (exact) mass is 310 g/mol. The Morgan fingerprint density at radius 1 is 1.33 bits per heavy atom. The van der Waals surface area contributed by atoms with E-state index in [1.807, 2.05) is 39.8 Å². The molecule has 1 aromatic rings. The lowest BCUT2D eigenvalue weighted by Crippen LogP contribution is -2.33. The van der Waals surface area contributed by atoms with Crippen LogP contribution < -0.4 is 5.32 Å². The Morgan fingerprint density at radius 3 is 2.48 bits per heavy atom. The highest BCUT2D eigenvalue weighted by Gasteiger charge is 2.25. The fraction of sp³-hybridized carbons (Fsp3) is 0.500. The lowest BCUT2D eigenvalue weighted by molar-refractivity contribution is 0.451. The molecule has 4 nitrogen and oxygen atoms in total. The van der Waals surface area contributed by atoms with Crippen LogP contribution in [-0.4, -0.2) is 31.9 Å². The second kappa shape index (κ2) is 7.73. The molecule has 21 heavy (non-hydrogen) atoms. The molecule has 0 spiro atoms. The van der Waals surface area contributed by atoms with E-state index in [4.69, 9.17) is 0 Å². The van der Waals surface area contributed by atoms with Crippen molar-refractivity contribution in [2.45, 2.75) is 45.2 Å². The van der Waals surface area contributed by atoms with Crippen LogP contribution in [0.15, 0.2) is 41.3 Å². The molecule has 5 heteroatoms. The van der Waals surface area contributed by atoms with Crippen molar-refractivity contribution < 1.29 is 8.42 Å². The first kappa shape index (κ1) is 17.9. The van der Waals surface area contributed by atoms with E-state index in [9.17, 15) is 8.42 Å². The summed E-state index contributed by atoms with van der Waals surface area (Å²) in [6.07, 6.45) is 0. The Bertz CT molecular complexity index is 580. The summed E-state index contributed by atoms with van der Waals surface area (Å²) in [6.45, 7) is 12.9. The molecule has 0 amide bonds. The maximum Gasteiger partial charge on any atom is 0.243 e. The van der Waals surface area contributed by atoms with Crippen LogP contribution in [0.1, 0.15) is 33.3 Å². The van der Waals surface area contributed by atoms with Crippen LogP contribution in [-0.2, 0) is 16.6 Å². The summed E-state index contributed by atoms with van der Waals surface area (Å²) in [5, 5.41) is 3.27. The third kappa shape index (κ3) is 4.95. The molecular weight excluding hydrogens is 284 g/mol. The average Bonchev–Trinajstić information content (AvgIpc) is 2.42. The molecule has 0 aliphatic rings. The largest absolute Gasteiger partial charge is 0.310 e. The van der Waals surface area contributed by atoms with Crippen molar-refractivity contribution in [3.05, 3.63) is 42.0 Å². The van der Waals surface area contributed by atoms with E-state index < -0.39 is 10.0 Å². The van der Waals surface area contributed by atoms with E-state index in [1.165, 1.54) is 4.31 Å². The fourth-order valence-corrected chi connectivity index (χ4v) is 3.75. The molecule has 1 N–H and O–H groups in total. The molecule has 0 saturated heterocycles. The third-order valence-electron chi connectivity index (χ3n) is 3.09. The maximum absolute atomic E-state index is 12.8. The summed E-state index contributed by atoms with van der Waals surface area (Å²) in [6, 6.07) is 7.47. The molecule has 0 aliphatic heterocycles. The van der Waals surface area contributed by atoms with E-state index >= 15 is 0 Å². The smallest absolute Gasteiger partial charge is 0.243 e. The molecule has 0 aromatic heterocycles. The number of likely N-dealkylation sites (N-methyl/N-ethyl adjacent to an activating group) is 1. The summed E-state index contributed by atoms with van der Waals surface area (Å²) in [5.41, 5.74) is 1.63. The van der Waals surface area contributed by atoms with Crippen LogP contribution in [0.5, 0.6) is 0 Å². The highest BCUT2D eigenvalue weighted by atomic mass is 32.2. The van der Waals surface area contributed by atoms with Crippen LogP contribution in [0.4, 0.5) is 0 Å². The van der Waals surface area contributed by atoms with Gasteiger partial charge in [-0.05, 0) is 18.6 Å². The minimum atomic E-state index is -3.49. The van der Waals surface area contributed by atoms with Crippen molar-refractivity contribution in [1.82, 2.24) is 9.62 Å². The molecule has 0 saturated carbocycles. The summed E-state index contributed by atoms with van der Waals surface area (Å²) in [7, 11) is -3.49. The van der Waals surface area contributed by atoms with E-state index in [0.717, 1.165) is 11.1 Å². The number of nitrogens with one attached hydrogen (secondary N) is 1. The van der Waals surface area contributed by atoms with Gasteiger partial charge in [0.05, 0.1) is 4.90 Å². The molecule has 0 heterocycles. The van der Waals surface area contributed by atoms with Gasteiger partial charge in [-0.3, -0.25) is 0 Å². The van der Waals surface area contributed by atoms with Crippen LogP contribution >= 0.6 is 0 Å². The van der Waals surface area contributed by atoms with Crippen molar-refractivity contribution in [2.75, 3.05) is 13.1 Å². The van der Waals surface area contributed by atoms with Crippen LogP contribution in [0.2, 0.25) is 0 Å². The molecular formula is C16H26N2O2S. The lowest BCUT2D eigenvalue weighted by Gasteiger charge is -2.22. The minimum absolute atomic E-state index is 0.304. The van der Waals surface area contributed by atoms with E-state index in [0.29, 0.717) is 30.6 Å². The Morgan fingerprint density at radius 2 is 1.95 bits per heavy atom. The number of hydrogen-bond donors (Lipinski definition) is 1. The van der Waals surface area contributed by atoms with Crippen LogP contribution in [0, 0.1) is 0 Å². The molecule has 0 unspecified atom stereocenters. The molecule has 0 aliphatic carbocycles. The highest BCUT2D eigenvalue weighted by molar-refractivity contribution is 7.89. The number of hydrogen-bond acceptors (Lipinski definition) is 3. The van der Waals surface area contributed by atoms with Gasteiger partial charge >= 0.3 is 0 Å². The van der Waals surface area contributed by atoms with Gasteiger partial charge in [-0.25, -0.2) is 8.42 Å². The zero-order chi connectivity index (χ0) is 16.0. The van der Waals surface area contributed by atoms with Crippen LogP contribution in [0.3, 0.4) is 0 Å². The molecule has 0 radical (unpaired) electrons. The van der Waals surface area contributed by atoms with Crippen LogP contribution in [0.25, 0.3) is 0 Å². The molecule has 118 valence electrons. The van der Waals surface area contributed by atoms with Gasteiger partial charge in [0.25, 0.3) is 0 Å². The number of rotatable bonds is 8. The highest BCUT2D eigenvalue weighted by Crippen LogP contribution is 2.21. The van der Waals surface area contributed by atoms with Gasteiger partial charge in [0.1, 0.15) is 0 Å². The van der Waals surface area contributed by atoms with Gasteiger partial charge in [0, 0.05) is 25.7 Å². The summed E-state index contributed by atoms with van der Waals surface area (Å²) < 4.78 is 27.1. The molecule has 1 aromatic carbocycles. The van der Waals surface area contributed by atoms with E-state index in [-0.39, 0.29) is 0 Å². The second-order valence-electron chi connectivity index (χ2n) is 5.53. The van der Waals surface area contributed by atoms with Crippen molar-refractivity contribution >= 4 is 10.0 Å². The first-order chi connectivity index (χ1) is 9.78. The SMILES string of the molecule is C=C(C)CN(CC)S(=O)(=O)c1ccccc1CNC(C)C. The predicted molar refractivity (Wildman–Crippen MR) is 87.7 cm³/mol. The normalized spacial score (nSPS) is 12.1. The first-order valence-electron chi connectivity index (χ1n) is 7.24. The zero-order valence-electron chi connectivity index (χ0n) is 13.4. The maximum atomic E-state index is 12.8. The average molecular weight is 310 g/mol. The van der Waals surface area contributed by atoms with Gasteiger partial charge in [0.15, 0.2) is 0 Å². The molecule has 0 fully saturated rings. The van der Waals surface area contributed by atoms with Crippen molar-refractivity contribution in [3.63, 3.8) is 0 Å². The van der Waals surface area contributed by atoms with E-state index in [2.05, 4.69) is 11.9 Å². The molecule has 1 rings (SSSR count). The standard InChI is InChI=1S/C16H26N2O2S/c1-6-18(12-13(2)3)21(19,20)16-10-8-7-9-15(16)11-17-14(4)5/h7-10,14,17H,2,6,11-12H2,1,3-5H3. The minimum Gasteiger partial charge on any atom is -0.310 e. The molecule has 0 atom stereocenters. The van der Waals surface area contributed by atoms with Crippen molar-refractivity contribution in [1.29, 1.82) is 0 Å². The Balaban J connectivity index is 3.15. The quantitative estimate of drug-likeness (QED) is 0.751.